The lowest BCUT2D eigenvalue weighted by Gasteiger charge is -2.18. The van der Waals surface area contributed by atoms with Gasteiger partial charge in [-0.3, -0.25) is 4.99 Å². The lowest BCUT2D eigenvalue weighted by Crippen LogP contribution is -2.12. The Hall–Kier alpha value is -7.22. The van der Waals surface area contributed by atoms with Crippen molar-refractivity contribution in [3.63, 3.8) is 0 Å². The van der Waals surface area contributed by atoms with Crippen LogP contribution < -0.4 is 0 Å². The number of aromatic nitrogens is 1. The van der Waals surface area contributed by atoms with Gasteiger partial charge in [-0.2, -0.15) is 0 Å². The Balaban J connectivity index is 0.000000206. The van der Waals surface area contributed by atoms with Gasteiger partial charge in [0.25, 0.3) is 0 Å². The topological polar surface area (TPSA) is 261 Å². The third-order valence-corrected chi connectivity index (χ3v) is 8.08. The molecule has 0 saturated heterocycles. The van der Waals surface area contributed by atoms with E-state index in [1.807, 2.05) is 0 Å². The molecular formula is C39H36N2O12. The monoisotopic (exact) mass is 724 g/mol. The Bertz CT molecular complexity index is 2120. The molecule has 0 fully saturated rings. The van der Waals surface area contributed by atoms with Crippen LogP contribution in [0.3, 0.4) is 0 Å². The van der Waals surface area contributed by atoms with E-state index in [0.29, 0.717) is 30.4 Å². The van der Waals surface area contributed by atoms with E-state index in [4.69, 9.17) is 4.42 Å². The summed E-state index contributed by atoms with van der Waals surface area (Å²) in [6.45, 7) is 0.190. The lowest BCUT2D eigenvalue weighted by molar-refractivity contribution is 0.336. The van der Waals surface area contributed by atoms with Crippen molar-refractivity contribution in [3.05, 3.63) is 119 Å². The Morgan fingerprint density at radius 3 is 1.26 bits per heavy atom. The summed E-state index contributed by atoms with van der Waals surface area (Å²) in [6.07, 6.45) is 3.00. The average Bonchev–Trinajstić information content (AvgIpc) is 3.49. The molecule has 0 atom stereocenters. The number of phenolic OH excluding ortho intramolecular Hbond substituents is 10. The van der Waals surface area contributed by atoms with Gasteiger partial charge in [0.2, 0.25) is 5.89 Å². The highest BCUT2D eigenvalue weighted by Gasteiger charge is 2.16. The van der Waals surface area contributed by atoms with E-state index in [2.05, 4.69) is 9.98 Å². The second kappa shape index (κ2) is 16.2. The van der Waals surface area contributed by atoms with Crippen LogP contribution in [0.15, 0.2) is 100 Å². The lowest BCUT2D eigenvalue weighted by atomic mass is 9.87. The van der Waals surface area contributed by atoms with Crippen LogP contribution in [0.4, 0.5) is 0 Å². The SMILES string of the molecule is Oc1ccc(CC(Cc2ccc(O)c(O)c2)Cc2ccc(O)c(O)c2)cc1O.Oc1ccc(CN=Cc2nc(-c3ccc(O)c(O)c3)oc2O)cc1O. The molecule has 6 aromatic rings. The normalized spacial score (nSPS) is 11.1. The number of phenols is 10. The molecule has 0 saturated carbocycles. The van der Waals surface area contributed by atoms with Crippen molar-refractivity contribution < 1.29 is 60.6 Å². The van der Waals surface area contributed by atoms with Gasteiger partial charge in [-0.25, -0.2) is 4.98 Å². The number of hydrogen-bond donors (Lipinski definition) is 11. The van der Waals surface area contributed by atoms with Gasteiger partial charge >= 0.3 is 5.95 Å². The summed E-state index contributed by atoms with van der Waals surface area (Å²) in [5.41, 5.74) is 3.58. The summed E-state index contributed by atoms with van der Waals surface area (Å²) in [7, 11) is 0. The van der Waals surface area contributed by atoms with Crippen molar-refractivity contribution in [2.24, 2.45) is 10.9 Å². The minimum atomic E-state index is -0.445. The van der Waals surface area contributed by atoms with Crippen molar-refractivity contribution in [3.8, 4) is 74.9 Å². The van der Waals surface area contributed by atoms with Gasteiger partial charge in [0.15, 0.2) is 63.2 Å². The number of aromatic hydroxyl groups is 11. The van der Waals surface area contributed by atoms with E-state index < -0.39 is 5.95 Å². The molecule has 0 unspecified atom stereocenters. The summed E-state index contributed by atoms with van der Waals surface area (Å²) in [5, 5.41) is 105. The zero-order valence-corrected chi connectivity index (χ0v) is 27.9. The Kier molecular flexibility index (Phi) is 11.3. The van der Waals surface area contributed by atoms with Gasteiger partial charge in [-0.15, -0.1) is 0 Å². The molecule has 0 aliphatic heterocycles. The van der Waals surface area contributed by atoms with Crippen molar-refractivity contribution in [2.75, 3.05) is 0 Å². The quantitative estimate of drug-likeness (QED) is 0.0568. The summed E-state index contributed by atoms with van der Waals surface area (Å²) >= 11 is 0. The molecule has 0 bridgehead atoms. The third kappa shape index (κ3) is 9.73. The van der Waals surface area contributed by atoms with E-state index in [9.17, 15) is 56.2 Å². The van der Waals surface area contributed by atoms with Crippen LogP contribution in [0, 0.1) is 5.92 Å². The van der Waals surface area contributed by atoms with Crippen molar-refractivity contribution >= 4 is 6.21 Å². The standard InChI is InChI=1S/C22H22O6.C17H14N2O6/c23-17-4-1-13(10-20(17)26)7-16(8-14-2-5-18(24)21(27)11-14)9-15-3-6-19(25)22(28)12-15;20-12-3-1-9(5-14(12)22)7-18-8-11-17(24)25-16(19-11)10-2-4-13(21)15(23)6-10/h1-6,10-12,16,23-28H,7-9H2;1-6,8,20-24H,7H2. The number of benzene rings is 5. The van der Waals surface area contributed by atoms with Crippen LogP contribution in [0.2, 0.25) is 0 Å². The second-order valence-corrected chi connectivity index (χ2v) is 12.2. The van der Waals surface area contributed by atoms with Gasteiger partial charge in [0.05, 0.1) is 12.8 Å². The third-order valence-electron chi connectivity index (χ3n) is 8.08. The predicted molar refractivity (Wildman–Crippen MR) is 192 cm³/mol. The molecule has 14 nitrogen and oxygen atoms in total. The smallest absolute Gasteiger partial charge is 0.312 e. The van der Waals surface area contributed by atoms with Gasteiger partial charge in [-0.1, -0.05) is 24.3 Å². The van der Waals surface area contributed by atoms with Gasteiger partial charge in [-0.05, 0) is 114 Å². The van der Waals surface area contributed by atoms with Crippen LogP contribution in [-0.2, 0) is 25.8 Å². The van der Waals surface area contributed by atoms with Crippen molar-refractivity contribution in [1.29, 1.82) is 0 Å². The van der Waals surface area contributed by atoms with E-state index in [0.717, 1.165) is 16.7 Å². The van der Waals surface area contributed by atoms with E-state index >= 15 is 0 Å². The fourth-order valence-electron chi connectivity index (χ4n) is 5.40. The molecule has 0 aliphatic rings. The number of hydrogen-bond acceptors (Lipinski definition) is 14. The highest BCUT2D eigenvalue weighted by Crippen LogP contribution is 2.34. The first-order chi connectivity index (χ1) is 25.2. The van der Waals surface area contributed by atoms with E-state index in [1.165, 1.54) is 72.9 Å². The Morgan fingerprint density at radius 1 is 0.472 bits per heavy atom. The largest absolute Gasteiger partial charge is 0.504 e. The molecule has 53 heavy (non-hydrogen) atoms. The molecule has 0 spiro atoms. The molecule has 1 heterocycles. The zero-order valence-electron chi connectivity index (χ0n) is 27.9. The van der Waals surface area contributed by atoms with E-state index in [-0.39, 0.29) is 81.5 Å². The summed E-state index contributed by atoms with van der Waals surface area (Å²) in [4.78, 5) is 8.16. The number of nitrogens with zero attached hydrogens (tertiary/aromatic N) is 2. The fraction of sp³-hybridized carbons (Fsp3) is 0.128. The molecule has 11 N–H and O–H groups in total. The van der Waals surface area contributed by atoms with Gasteiger partial charge in [0, 0.05) is 5.56 Å². The molecule has 0 aliphatic carbocycles. The number of oxazole rings is 1. The van der Waals surface area contributed by atoms with Crippen molar-refractivity contribution in [2.45, 2.75) is 25.8 Å². The highest BCUT2D eigenvalue weighted by molar-refractivity contribution is 5.80. The molecule has 14 heteroatoms. The van der Waals surface area contributed by atoms with Crippen LogP contribution in [0.25, 0.3) is 11.5 Å². The number of rotatable bonds is 10. The van der Waals surface area contributed by atoms with E-state index in [1.54, 1.807) is 24.3 Å². The van der Waals surface area contributed by atoms with Gasteiger partial charge in [0.1, 0.15) is 0 Å². The first-order valence-corrected chi connectivity index (χ1v) is 16.0. The molecule has 0 radical (unpaired) electrons. The summed E-state index contributed by atoms with van der Waals surface area (Å²) in [6, 6.07) is 22.3. The Morgan fingerprint density at radius 2 is 0.849 bits per heavy atom. The molecule has 274 valence electrons. The Labute approximate surface area is 302 Å². The van der Waals surface area contributed by atoms with Crippen LogP contribution in [-0.4, -0.2) is 67.4 Å². The second-order valence-electron chi connectivity index (χ2n) is 12.2. The molecule has 5 aromatic carbocycles. The van der Waals surface area contributed by atoms with Crippen molar-refractivity contribution in [1.82, 2.24) is 4.98 Å². The van der Waals surface area contributed by atoms with Gasteiger partial charge < -0.3 is 60.6 Å². The van der Waals surface area contributed by atoms with Crippen LogP contribution >= 0.6 is 0 Å². The zero-order chi connectivity index (χ0) is 38.2. The minimum Gasteiger partial charge on any atom is -0.504 e. The average molecular weight is 725 g/mol. The summed E-state index contributed by atoms with van der Waals surface area (Å²) < 4.78 is 5.12. The first kappa shape index (κ1) is 37.0. The maximum atomic E-state index is 9.79. The first-order valence-electron chi connectivity index (χ1n) is 16.0. The van der Waals surface area contributed by atoms with Crippen LogP contribution in [0.1, 0.15) is 27.9 Å². The van der Waals surface area contributed by atoms with Crippen LogP contribution in [0.5, 0.6) is 63.4 Å². The summed E-state index contributed by atoms with van der Waals surface area (Å²) in [5.74, 6) is -2.59. The maximum Gasteiger partial charge on any atom is 0.312 e. The molecule has 0 amide bonds. The number of aliphatic imine (C=N–C) groups is 1. The fourth-order valence-corrected chi connectivity index (χ4v) is 5.40. The molecule has 6 rings (SSSR count). The maximum absolute atomic E-state index is 9.79. The molecule has 1 aromatic heterocycles. The predicted octanol–water partition coefficient (Wildman–Crippen LogP) is 6.05. The highest BCUT2D eigenvalue weighted by atomic mass is 16.5. The molecular weight excluding hydrogens is 688 g/mol. The minimum absolute atomic E-state index is 0.0248.